The number of halogens is 1. The zero-order chi connectivity index (χ0) is 12.7. The fraction of sp³-hybridized carbons (Fsp3) is 0.400. The summed E-state index contributed by atoms with van der Waals surface area (Å²) >= 11 is 7.26. The Kier molecular flexibility index (Phi) is 6.31. The van der Waals surface area contributed by atoms with E-state index in [0.717, 1.165) is 0 Å². The lowest BCUT2D eigenvalue weighted by Crippen LogP contribution is -2.08. The Hall–Kier alpha value is -0.790. The lowest BCUT2D eigenvalue weighted by molar-refractivity contribution is -0.385. The van der Waals surface area contributed by atoms with Gasteiger partial charge in [-0.15, -0.1) is 0 Å². The molecule has 0 bridgehead atoms. The van der Waals surface area contributed by atoms with Gasteiger partial charge in [-0.05, 0) is 22.0 Å². The molecule has 0 atom stereocenters. The molecule has 0 heterocycles. The molecule has 0 radical (unpaired) electrons. The first-order chi connectivity index (χ1) is 8.15. The van der Waals surface area contributed by atoms with Crippen molar-refractivity contribution < 1.29 is 14.4 Å². The van der Waals surface area contributed by atoms with Crippen LogP contribution in [0.5, 0.6) is 5.75 Å². The minimum absolute atomic E-state index is 0.000485. The molecular weight excluding hydrogens is 310 g/mol. The maximum atomic E-state index is 10.6. The molecule has 0 aromatic heterocycles. The van der Waals surface area contributed by atoms with E-state index in [4.69, 9.17) is 9.47 Å². The van der Waals surface area contributed by atoms with Gasteiger partial charge in [-0.25, -0.2) is 0 Å². The summed E-state index contributed by atoms with van der Waals surface area (Å²) in [5.41, 5.74) is -0.000485. The molecule has 5 nitrogen and oxygen atoms in total. The van der Waals surface area contributed by atoms with Gasteiger partial charge in [-0.1, -0.05) is 0 Å². The van der Waals surface area contributed by atoms with Crippen LogP contribution in [0.25, 0.3) is 0 Å². The number of hydrogen-bond donors (Lipinski definition) is 1. The monoisotopic (exact) mass is 321 g/mol. The van der Waals surface area contributed by atoms with Crippen LogP contribution in [0.15, 0.2) is 22.7 Å². The topological polar surface area (TPSA) is 61.6 Å². The summed E-state index contributed by atoms with van der Waals surface area (Å²) in [5.74, 6) is 1.09. The van der Waals surface area contributed by atoms with E-state index in [-0.39, 0.29) is 5.69 Å². The molecule has 17 heavy (non-hydrogen) atoms. The van der Waals surface area contributed by atoms with Gasteiger partial charge in [0.1, 0.15) is 12.4 Å². The maximum Gasteiger partial charge on any atom is 0.273 e. The number of thiol groups is 1. The summed E-state index contributed by atoms with van der Waals surface area (Å²) in [6, 6.07) is 4.37. The van der Waals surface area contributed by atoms with E-state index in [1.165, 1.54) is 12.1 Å². The lowest BCUT2D eigenvalue weighted by Gasteiger charge is -2.08. The third-order valence-electron chi connectivity index (χ3n) is 1.85. The Balaban J connectivity index is 2.51. The standard InChI is InChI=1S/C10H12BrNO4S/c11-9-2-1-8(12(13)14)7-10(9)16-4-3-15-5-6-17/h1-2,7,17H,3-6H2. The summed E-state index contributed by atoms with van der Waals surface area (Å²) in [4.78, 5) is 10.1. The molecule has 94 valence electrons. The average Bonchev–Trinajstić information content (AvgIpc) is 2.30. The van der Waals surface area contributed by atoms with Gasteiger partial charge in [0.15, 0.2) is 0 Å². The fourth-order valence-electron chi connectivity index (χ4n) is 1.09. The van der Waals surface area contributed by atoms with E-state index in [2.05, 4.69) is 28.6 Å². The molecule has 0 N–H and O–H groups in total. The van der Waals surface area contributed by atoms with Crippen LogP contribution in [0, 0.1) is 10.1 Å². The highest BCUT2D eigenvalue weighted by molar-refractivity contribution is 9.10. The van der Waals surface area contributed by atoms with Gasteiger partial charge >= 0.3 is 0 Å². The maximum absolute atomic E-state index is 10.6. The van der Waals surface area contributed by atoms with Gasteiger partial charge in [0, 0.05) is 11.8 Å². The molecule has 0 aliphatic heterocycles. The van der Waals surface area contributed by atoms with Gasteiger partial charge < -0.3 is 9.47 Å². The minimum atomic E-state index is -0.462. The second kappa shape index (κ2) is 7.52. The third kappa shape index (κ3) is 4.93. The number of hydrogen-bond acceptors (Lipinski definition) is 5. The average molecular weight is 322 g/mol. The molecule has 0 amide bonds. The molecule has 0 aliphatic rings. The van der Waals surface area contributed by atoms with Crippen LogP contribution in [0.1, 0.15) is 0 Å². The van der Waals surface area contributed by atoms with Gasteiger partial charge in [-0.3, -0.25) is 10.1 Å². The first-order valence-corrected chi connectivity index (χ1v) is 6.33. The highest BCUT2D eigenvalue weighted by Gasteiger charge is 2.10. The van der Waals surface area contributed by atoms with Crippen LogP contribution in [0.3, 0.4) is 0 Å². The molecule has 1 rings (SSSR count). The first-order valence-electron chi connectivity index (χ1n) is 4.90. The summed E-state index contributed by atoms with van der Waals surface area (Å²) in [5, 5.41) is 10.6. The van der Waals surface area contributed by atoms with E-state index >= 15 is 0 Å². The largest absolute Gasteiger partial charge is 0.490 e. The molecule has 0 fully saturated rings. The van der Waals surface area contributed by atoms with Crippen LogP contribution in [-0.4, -0.2) is 30.5 Å². The van der Waals surface area contributed by atoms with Gasteiger partial charge in [0.05, 0.1) is 28.7 Å². The number of ether oxygens (including phenoxy) is 2. The van der Waals surface area contributed by atoms with Crippen LogP contribution in [0.2, 0.25) is 0 Å². The Morgan fingerprint density at radius 2 is 2.12 bits per heavy atom. The van der Waals surface area contributed by atoms with Crippen molar-refractivity contribution in [3.05, 3.63) is 32.8 Å². The van der Waals surface area contributed by atoms with E-state index in [0.29, 0.717) is 35.8 Å². The number of benzene rings is 1. The van der Waals surface area contributed by atoms with E-state index in [1.807, 2.05) is 0 Å². The van der Waals surface area contributed by atoms with Gasteiger partial charge in [0.2, 0.25) is 0 Å². The fourth-order valence-corrected chi connectivity index (χ4v) is 1.58. The Morgan fingerprint density at radius 3 is 2.76 bits per heavy atom. The third-order valence-corrected chi connectivity index (χ3v) is 2.68. The highest BCUT2D eigenvalue weighted by atomic mass is 79.9. The number of nitro benzene ring substituents is 1. The predicted octanol–water partition coefficient (Wildman–Crippen LogP) is 2.68. The van der Waals surface area contributed by atoms with E-state index < -0.39 is 4.92 Å². The van der Waals surface area contributed by atoms with E-state index in [1.54, 1.807) is 6.07 Å². The highest BCUT2D eigenvalue weighted by Crippen LogP contribution is 2.29. The molecule has 0 spiro atoms. The second-order valence-electron chi connectivity index (χ2n) is 3.06. The zero-order valence-corrected chi connectivity index (χ0v) is 11.4. The molecule has 0 aliphatic carbocycles. The van der Waals surface area contributed by atoms with E-state index in [9.17, 15) is 10.1 Å². The summed E-state index contributed by atoms with van der Waals surface area (Å²) < 4.78 is 11.2. The van der Waals surface area contributed by atoms with Crippen LogP contribution in [-0.2, 0) is 4.74 Å². The molecule has 0 unspecified atom stereocenters. The van der Waals surface area contributed by atoms with Crippen LogP contribution >= 0.6 is 28.6 Å². The minimum Gasteiger partial charge on any atom is -0.490 e. The number of non-ortho nitro benzene ring substituents is 1. The smallest absolute Gasteiger partial charge is 0.273 e. The summed E-state index contributed by atoms with van der Waals surface area (Å²) in [6.45, 7) is 1.33. The molecule has 7 heteroatoms. The van der Waals surface area contributed by atoms with Crippen LogP contribution in [0.4, 0.5) is 5.69 Å². The Morgan fingerprint density at radius 1 is 1.35 bits per heavy atom. The lowest BCUT2D eigenvalue weighted by atomic mass is 10.3. The van der Waals surface area contributed by atoms with Crippen molar-refractivity contribution in [3.8, 4) is 5.75 Å². The van der Waals surface area contributed by atoms with Crippen LogP contribution < -0.4 is 4.74 Å². The molecule has 0 saturated heterocycles. The van der Waals surface area contributed by atoms with Gasteiger partial charge in [0.25, 0.3) is 5.69 Å². The second-order valence-corrected chi connectivity index (χ2v) is 4.36. The Labute approximate surface area is 113 Å². The SMILES string of the molecule is O=[N+]([O-])c1ccc(Br)c(OCCOCCS)c1. The number of nitro groups is 1. The number of nitrogens with zero attached hydrogens (tertiary/aromatic N) is 1. The molecular formula is C10H12BrNO4S. The summed E-state index contributed by atoms with van der Waals surface area (Å²) in [7, 11) is 0. The summed E-state index contributed by atoms with van der Waals surface area (Å²) in [6.07, 6.45) is 0. The quantitative estimate of drug-likeness (QED) is 0.363. The van der Waals surface area contributed by atoms with Crippen molar-refractivity contribution in [3.63, 3.8) is 0 Å². The molecule has 0 saturated carbocycles. The van der Waals surface area contributed by atoms with Crippen molar-refractivity contribution in [2.75, 3.05) is 25.6 Å². The first kappa shape index (κ1) is 14.3. The normalized spacial score (nSPS) is 10.2. The van der Waals surface area contributed by atoms with Crippen molar-refractivity contribution in [2.45, 2.75) is 0 Å². The molecule has 1 aromatic rings. The zero-order valence-electron chi connectivity index (χ0n) is 8.97. The van der Waals surface area contributed by atoms with Crippen molar-refractivity contribution in [1.82, 2.24) is 0 Å². The van der Waals surface area contributed by atoms with Gasteiger partial charge in [-0.2, -0.15) is 12.6 Å². The van der Waals surface area contributed by atoms with Crippen molar-refractivity contribution in [1.29, 1.82) is 0 Å². The predicted molar refractivity (Wildman–Crippen MR) is 71.0 cm³/mol. The van der Waals surface area contributed by atoms with Crippen molar-refractivity contribution >= 4 is 34.2 Å². The number of rotatable bonds is 7. The van der Waals surface area contributed by atoms with Crippen molar-refractivity contribution in [2.24, 2.45) is 0 Å². The Bertz CT molecular complexity index is 389. The molecule has 1 aromatic carbocycles.